The van der Waals surface area contributed by atoms with Gasteiger partial charge in [-0.05, 0) is 20.8 Å². The Labute approximate surface area is 149 Å². The van der Waals surface area contributed by atoms with Crippen molar-refractivity contribution in [2.45, 2.75) is 47.2 Å². The summed E-state index contributed by atoms with van der Waals surface area (Å²) in [5, 5.41) is 0. The van der Waals surface area contributed by atoms with Crippen molar-refractivity contribution in [1.29, 1.82) is 0 Å². The Hall–Kier alpha value is 0.570. The second kappa shape index (κ2) is 14.7. The molecule has 0 heterocycles. The van der Waals surface area contributed by atoms with Crippen LogP contribution in [-0.2, 0) is 27.3 Å². The molecule has 0 aromatic rings. The molecular formula is C15H39O6P3. The van der Waals surface area contributed by atoms with Crippen molar-refractivity contribution in [3.05, 3.63) is 0 Å². The molecule has 0 saturated carbocycles. The minimum Gasteiger partial charge on any atom is -0.329 e. The highest BCUT2D eigenvalue weighted by molar-refractivity contribution is 7.59. The van der Waals surface area contributed by atoms with Gasteiger partial charge in [0.05, 0.1) is 19.8 Å². The third kappa shape index (κ3) is 22.6. The Morgan fingerprint density at radius 1 is 0.708 bits per heavy atom. The molecule has 6 nitrogen and oxygen atoms in total. The molecular weight excluding hydrogens is 369 g/mol. The fourth-order valence-electron chi connectivity index (χ4n) is 1.08. The lowest BCUT2D eigenvalue weighted by Gasteiger charge is -2.15. The third-order valence-electron chi connectivity index (χ3n) is 2.74. The fraction of sp³-hybridized carbons (Fsp3) is 1.00. The van der Waals surface area contributed by atoms with Crippen LogP contribution in [0.1, 0.15) is 41.5 Å². The van der Waals surface area contributed by atoms with Crippen LogP contribution in [0.25, 0.3) is 0 Å². The molecule has 0 radical (unpaired) electrons. The monoisotopic (exact) mass is 408 g/mol. The van der Waals surface area contributed by atoms with Crippen LogP contribution in [0.5, 0.6) is 0 Å². The number of rotatable bonds is 8. The third-order valence-corrected chi connectivity index (χ3v) is 8.22. The first-order valence-electron chi connectivity index (χ1n) is 8.31. The lowest BCUT2D eigenvalue weighted by molar-refractivity contribution is 0.332. The molecule has 0 aromatic carbocycles. The van der Waals surface area contributed by atoms with E-state index in [0.717, 1.165) is 0 Å². The van der Waals surface area contributed by atoms with Gasteiger partial charge in [0, 0.05) is 38.5 Å². The van der Waals surface area contributed by atoms with Crippen molar-refractivity contribution in [3.63, 3.8) is 0 Å². The highest BCUT2D eigenvalue weighted by Gasteiger charge is 2.19. The van der Waals surface area contributed by atoms with Gasteiger partial charge in [0.15, 0.2) is 14.7 Å². The van der Waals surface area contributed by atoms with Crippen LogP contribution in [0.3, 0.4) is 0 Å². The van der Waals surface area contributed by atoms with E-state index in [2.05, 4.69) is 0 Å². The molecule has 150 valence electrons. The Morgan fingerprint density at radius 2 is 1.08 bits per heavy atom. The predicted molar refractivity (Wildman–Crippen MR) is 107 cm³/mol. The van der Waals surface area contributed by atoms with E-state index in [-0.39, 0.29) is 5.66 Å². The second-order valence-electron chi connectivity index (χ2n) is 5.84. The van der Waals surface area contributed by atoms with Crippen molar-refractivity contribution in [2.24, 2.45) is 0 Å². The van der Waals surface area contributed by atoms with Gasteiger partial charge in [0.1, 0.15) is 0 Å². The summed E-state index contributed by atoms with van der Waals surface area (Å²) in [6.45, 7) is 19.5. The summed E-state index contributed by atoms with van der Waals surface area (Å²) in [5.41, 5.74) is 0.150. The van der Waals surface area contributed by atoms with Gasteiger partial charge in [-0.25, -0.2) is 0 Å². The summed E-state index contributed by atoms with van der Waals surface area (Å²) in [5.74, 6) is 0. The van der Waals surface area contributed by atoms with Gasteiger partial charge in [-0.15, -0.1) is 0 Å². The smallest absolute Gasteiger partial charge is 0.202 e. The summed E-state index contributed by atoms with van der Waals surface area (Å²) >= 11 is 0. The molecule has 2 unspecified atom stereocenters. The maximum Gasteiger partial charge on any atom is 0.202 e. The second-order valence-corrected chi connectivity index (χ2v) is 14.6. The Morgan fingerprint density at radius 3 is 1.17 bits per heavy atom. The van der Waals surface area contributed by atoms with E-state index in [1.165, 1.54) is 0 Å². The fourth-order valence-corrected chi connectivity index (χ4v) is 3.24. The maximum absolute atomic E-state index is 11.3. The van der Waals surface area contributed by atoms with Crippen molar-refractivity contribution in [3.8, 4) is 0 Å². The van der Waals surface area contributed by atoms with E-state index < -0.39 is 22.1 Å². The quantitative estimate of drug-likeness (QED) is 0.469. The van der Waals surface area contributed by atoms with Gasteiger partial charge < -0.3 is 13.6 Å². The van der Waals surface area contributed by atoms with Crippen LogP contribution in [-0.4, -0.2) is 58.3 Å². The first-order valence-corrected chi connectivity index (χ1v) is 15.2. The molecule has 0 aromatic heterocycles. The van der Waals surface area contributed by atoms with Gasteiger partial charge >= 0.3 is 0 Å². The average Bonchev–Trinajstić information content (AvgIpc) is 2.38. The van der Waals surface area contributed by atoms with Gasteiger partial charge in [-0.1, -0.05) is 20.8 Å². The molecule has 0 bridgehead atoms. The Balaban J connectivity index is -0.000000278. The van der Waals surface area contributed by atoms with Crippen LogP contribution in [0, 0.1) is 0 Å². The van der Waals surface area contributed by atoms with Gasteiger partial charge in [0.25, 0.3) is 0 Å². The standard InChI is InChI=1S/C6H15O2P.C5H13O2P.C4H11O2P/c1-5-8-9(4,7)6(2)3;1-4-7-8(3,6)5-2;1-4-6-7(2,3)5/h6H,5H2,1-4H3;4-5H2,1-3H3;4H2,1-3H3. The summed E-state index contributed by atoms with van der Waals surface area (Å²) in [4.78, 5) is 0. The van der Waals surface area contributed by atoms with Crippen molar-refractivity contribution < 1.29 is 27.3 Å². The largest absolute Gasteiger partial charge is 0.329 e. The van der Waals surface area contributed by atoms with E-state index in [9.17, 15) is 13.7 Å². The van der Waals surface area contributed by atoms with Crippen LogP contribution in [0.2, 0.25) is 0 Å². The summed E-state index contributed by atoms with van der Waals surface area (Å²) in [6, 6.07) is 0. The Bertz CT molecular complexity index is 431. The Kier molecular flexibility index (Phi) is 18.0. The first kappa shape index (κ1) is 29.3. The number of hydrogen-bond acceptors (Lipinski definition) is 6. The molecule has 0 aliphatic heterocycles. The molecule has 0 saturated heterocycles. The van der Waals surface area contributed by atoms with Crippen LogP contribution in [0.15, 0.2) is 0 Å². The normalized spacial score (nSPS) is 16.1. The maximum atomic E-state index is 11.3. The molecule has 24 heavy (non-hydrogen) atoms. The van der Waals surface area contributed by atoms with E-state index >= 15 is 0 Å². The minimum atomic E-state index is -2.26. The molecule has 9 heteroatoms. The van der Waals surface area contributed by atoms with Crippen LogP contribution < -0.4 is 0 Å². The summed E-state index contributed by atoms with van der Waals surface area (Å²) in [7, 11) is -6.60. The topological polar surface area (TPSA) is 78.9 Å². The summed E-state index contributed by atoms with van der Waals surface area (Å²) in [6.07, 6.45) is 0.640. The first-order chi connectivity index (χ1) is 10.7. The van der Waals surface area contributed by atoms with Crippen LogP contribution >= 0.6 is 22.1 Å². The number of hydrogen-bond donors (Lipinski definition) is 0. The van der Waals surface area contributed by atoms with E-state index in [4.69, 9.17) is 13.6 Å². The lowest BCUT2D eigenvalue weighted by Crippen LogP contribution is -1.99. The van der Waals surface area contributed by atoms with Gasteiger partial charge in [-0.3, -0.25) is 13.7 Å². The zero-order valence-electron chi connectivity index (χ0n) is 17.2. The van der Waals surface area contributed by atoms with Crippen LogP contribution in [0.4, 0.5) is 0 Å². The van der Waals surface area contributed by atoms with Crippen molar-refractivity contribution in [1.82, 2.24) is 0 Å². The van der Waals surface area contributed by atoms with E-state index in [1.54, 1.807) is 26.7 Å². The lowest BCUT2D eigenvalue weighted by atomic mass is 10.6. The van der Waals surface area contributed by atoms with Crippen molar-refractivity contribution >= 4 is 22.1 Å². The molecule has 2 atom stereocenters. The van der Waals surface area contributed by atoms with Gasteiger partial charge in [0.2, 0.25) is 7.37 Å². The van der Waals surface area contributed by atoms with Gasteiger partial charge in [-0.2, -0.15) is 0 Å². The molecule has 0 fully saturated rings. The highest BCUT2D eigenvalue weighted by atomic mass is 31.2. The zero-order valence-corrected chi connectivity index (χ0v) is 19.9. The predicted octanol–water partition coefficient (Wildman–Crippen LogP) is 5.85. The van der Waals surface area contributed by atoms with Crippen molar-refractivity contribution in [2.75, 3.05) is 52.6 Å². The van der Waals surface area contributed by atoms with E-state index in [1.807, 2.05) is 41.5 Å². The molecule has 0 aliphatic carbocycles. The zero-order chi connectivity index (χ0) is 20.0. The molecule has 0 N–H and O–H groups in total. The molecule has 0 amide bonds. The average molecular weight is 408 g/mol. The SMILES string of the molecule is CCOP(C)(=O)C(C)C.CCOP(C)(=O)CC.CCOP(C)(C)=O. The molecule has 0 aliphatic rings. The minimum absolute atomic E-state index is 0.150. The molecule has 0 spiro atoms. The molecule has 0 rings (SSSR count). The summed E-state index contributed by atoms with van der Waals surface area (Å²) < 4.78 is 47.6. The van der Waals surface area contributed by atoms with E-state index in [0.29, 0.717) is 26.0 Å². The highest BCUT2D eigenvalue weighted by Crippen LogP contribution is 2.47.